The average Bonchev–Trinajstić information content (AvgIpc) is 1.69. The van der Waals surface area contributed by atoms with Crippen molar-refractivity contribution in [2.45, 2.75) is 176 Å². The Morgan fingerprint density at radius 1 is 0.831 bits per heavy atom. The molecule has 1 aromatic heterocycles. The number of carbonyl (C=O) groups excluding carboxylic acids is 6. The van der Waals surface area contributed by atoms with Gasteiger partial charge in [-0.15, -0.1) is 23.1 Å². The van der Waals surface area contributed by atoms with E-state index in [0.29, 0.717) is 97.8 Å². The molecule has 2 heterocycles. The molecule has 0 saturated heterocycles. The van der Waals surface area contributed by atoms with E-state index < -0.39 is 41.6 Å². The number of ketones is 2. The van der Waals surface area contributed by atoms with Crippen molar-refractivity contribution in [3.63, 3.8) is 0 Å². The van der Waals surface area contributed by atoms with Crippen molar-refractivity contribution in [1.29, 1.82) is 0 Å². The van der Waals surface area contributed by atoms with Gasteiger partial charge in [-0.2, -0.15) is 0 Å². The maximum atomic E-state index is 13.9. The van der Waals surface area contributed by atoms with Crippen LogP contribution in [0.1, 0.15) is 157 Å². The number of thioether (sulfide) groups is 1. The minimum absolute atomic E-state index is 0.0470. The number of allylic oxidation sites excluding steroid dienone is 4. The van der Waals surface area contributed by atoms with Crippen LogP contribution in [0, 0.1) is 51.8 Å². The summed E-state index contributed by atoms with van der Waals surface area (Å²) in [6.45, 7) is 16.3. The smallest absolute Gasteiger partial charge is 0.415 e. The molecule has 21 nitrogen and oxygen atoms in total. The summed E-state index contributed by atoms with van der Waals surface area (Å²) < 4.78 is 18.0. The number of ether oxygens (including phenoxy) is 3. The first-order valence-electron chi connectivity index (χ1n) is 32.0. The van der Waals surface area contributed by atoms with E-state index in [2.05, 4.69) is 41.4 Å². The van der Waals surface area contributed by atoms with Crippen LogP contribution in [-0.4, -0.2) is 177 Å². The molecule has 23 heteroatoms. The van der Waals surface area contributed by atoms with Gasteiger partial charge in [0.2, 0.25) is 17.7 Å². The first kappa shape index (κ1) is 69.3. The second kappa shape index (κ2) is 29.8. The normalized spacial score (nSPS) is 27.5. The molecule has 6 aliphatic rings. The predicted molar refractivity (Wildman–Crippen MR) is 338 cm³/mol. The topological polar surface area (TPSA) is 301 Å². The highest BCUT2D eigenvalue weighted by atomic mass is 32.2. The van der Waals surface area contributed by atoms with E-state index in [-0.39, 0.29) is 136 Å². The molecule has 0 radical (unpaired) electrons. The van der Waals surface area contributed by atoms with E-state index in [1.165, 1.54) is 32.9 Å². The fourth-order valence-electron chi connectivity index (χ4n) is 15.7. The lowest BCUT2D eigenvalue weighted by Crippen LogP contribution is -2.58. The number of Topliss-reactive ketones (excluding diaryl/α,β-unsaturated/α-hetero) is 2. The number of hydrogen-bond donors (Lipinski definition) is 6. The van der Waals surface area contributed by atoms with Crippen molar-refractivity contribution in [1.82, 2.24) is 25.4 Å². The predicted octanol–water partition coefficient (Wildman–Crippen LogP) is 8.41. The number of aliphatic hydroxyl groups excluding tert-OH is 2. The molecule has 8 rings (SSSR count). The van der Waals surface area contributed by atoms with Gasteiger partial charge in [0.05, 0.1) is 48.9 Å². The van der Waals surface area contributed by atoms with Gasteiger partial charge in [-0.1, -0.05) is 34.6 Å². The summed E-state index contributed by atoms with van der Waals surface area (Å²) >= 11 is 2.61. The third-order valence-electron chi connectivity index (χ3n) is 21.1. The van der Waals surface area contributed by atoms with Crippen LogP contribution >= 0.6 is 23.1 Å². The molecule has 3 unspecified atom stereocenters. The van der Waals surface area contributed by atoms with Gasteiger partial charge >= 0.3 is 18.0 Å². The number of carboxylic acids is 2. The van der Waals surface area contributed by atoms with Crippen LogP contribution in [0.4, 0.5) is 4.79 Å². The first-order chi connectivity index (χ1) is 42.1. The fourth-order valence-corrected chi connectivity index (χ4v) is 17.8. The highest BCUT2D eigenvalue weighted by Gasteiger charge is 2.64. The molecule has 490 valence electrons. The fraction of sp³-hybridized carbons (Fsp3) is 0.697. The van der Waals surface area contributed by atoms with Crippen molar-refractivity contribution in [2.24, 2.45) is 56.7 Å². The number of hydrogen-bond acceptors (Lipinski definition) is 17. The van der Waals surface area contributed by atoms with E-state index in [1.54, 1.807) is 59.9 Å². The van der Waals surface area contributed by atoms with Gasteiger partial charge in [-0.3, -0.25) is 29.0 Å². The highest BCUT2D eigenvalue weighted by molar-refractivity contribution is 8.15. The monoisotopic (exact) mass is 1270 g/mol. The van der Waals surface area contributed by atoms with Crippen LogP contribution in [0.25, 0.3) is 10.2 Å². The molecular weight excluding hydrogens is 1180 g/mol. The summed E-state index contributed by atoms with van der Waals surface area (Å²) in [5.74, 6) is -0.445. The van der Waals surface area contributed by atoms with Crippen molar-refractivity contribution in [3.05, 3.63) is 45.5 Å². The number of thiazole rings is 1. The standard InChI is InChI=1S/C66H94N6O15S2/c1-37(45-17-18-46-44-16-14-41-32-42(73)21-23-65(41,7)47(44)34-52(74)66(45,46)8)13-20-54(76)68-49(61(80)81)12-10-11-24-67-53(75)22-28-85-30-31-86-29-27-72(26-25-71(9)55(77)35-64(5,6)56-40(4)57(78)38(2)39(3)58(56)79)63(84)87-43-15-19-48-51(33-43)89-60(69-48)59-70-50(36-88-59)62(82)83/h15,19,33,37,41-42,44-47,49-50,52,73-74H,10-14,16-18,20-32,34-36H2,1-9H3,(H,67,75)(H,68,76)(H,80,81)(H,82,83)/t37-,41-,42-,44+,45?,46+,47+,49?,50?,52+,65+,66-/m1/s1. The molecule has 0 bridgehead atoms. The Morgan fingerprint density at radius 3 is 2.28 bits per heavy atom. The first-order valence-corrected chi connectivity index (χ1v) is 33.8. The maximum Gasteiger partial charge on any atom is 0.415 e. The van der Waals surface area contributed by atoms with E-state index in [4.69, 9.17) is 14.2 Å². The molecule has 89 heavy (non-hydrogen) atoms. The Balaban J connectivity index is 0.731. The van der Waals surface area contributed by atoms with Gasteiger partial charge in [0.25, 0.3) is 0 Å². The number of benzene rings is 1. The second-order valence-electron chi connectivity index (χ2n) is 27.1. The zero-order chi connectivity index (χ0) is 64.7. The molecule has 0 spiro atoms. The molecule has 6 N–H and O–H groups in total. The highest BCUT2D eigenvalue weighted by Crippen LogP contribution is 2.68. The third-order valence-corrected chi connectivity index (χ3v) is 23.3. The summed E-state index contributed by atoms with van der Waals surface area (Å²) in [6, 6.07) is 3.07. The van der Waals surface area contributed by atoms with Gasteiger partial charge in [0, 0.05) is 92.0 Å². The summed E-state index contributed by atoms with van der Waals surface area (Å²) in [4.78, 5) is 115. The summed E-state index contributed by atoms with van der Waals surface area (Å²) in [5, 5.41) is 48.5. The lowest BCUT2D eigenvalue weighted by atomic mass is 9.43. The summed E-state index contributed by atoms with van der Waals surface area (Å²) in [6.07, 6.45) is 8.63. The number of likely N-dealkylation sites (N-methyl/N-ethyl adjacent to an activating group) is 1. The minimum atomic E-state index is -1.11. The Hall–Kier alpha value is -5.59. The zero-order valence-corrected chi connectivity index (χ0v) is 55.0. The number of amides is 4. The number of aliphatic hydroxyl groups is 2. The molecule has 12 atom stereocenters. The lowest BCUT2D eigenvalue weighted by molar-refractivity contribution is -0.175. The summed E-state index contributed by atoms with van der Waals surface area (Å²) in [7, 11) is 1.60. The van der Waals surface area contributed by atoms with E-state index in [9.17, 15) is 58.8 Å². The largest absolute Gasteiger partial charge is 0.480 e. The van der Waals surface area contributed by atoms with Gasteiger partial charge < -0.3 is 55.1 Å². The Labute approximate surface area is 531 Å². The molecule has 4 amide bonds. The Bertz CT molecular complexity index is 3090. The van der Waals surface area contributed by atoms with E-state index in [1.807, 2.05) is 0 Å². The van der Waals surface area contributed by atoms with Crippen molar-refractivity contribution < 1.29 is 73.0 Å². The summed E-state index contributed by atoms with van der Waals surface area (Å²) in [5.41, 5.74) is 0.976. The van der Waals surface area contributed by atoms with Crippen molar-refractivity contribution in [3.8, 4) is 5.75 Å². The Morgan fingerprint density at radius 2 is 1.56 bits per heavy atom. The van der Waals surface area contributed by atoms with Gasteiger partial charge in [-0.05, 0) is 156 Å². The molecule has 1 aliphatic heterocycles. The van der Waals surface area contributed by atoms with Gasteiger partial charge in [-0.25, -0.2) is 19.4 Å². The molecule has 4 fully saturated rings. The maximum absolute atomic E-state index is 13.9. The number of carboxylic acid groups (broad SMARTS) is 2. The Kier molecular flexibility index (Phi) is 23.2. The number of carbonyl (C=O) groups is 8. The number of nitrogens with zero attached hydrogens (tertiary/aromatic N) is 4. The molecule has 1 aromatic carbocycles. The minimum Gasteiger partial charge on any atom is -0.480 e. The number of aliphatic carboxylic acids is 2. The SMILES string of the molecule is CC1=C(C)C(=O)C(C(C)(C)CC(=O)N(C)CCN(CCOCCOCCC(=O)NCCCCC(NC(=O)CC[C@@H](C)C2CC[C@H]3[C@@H]4CC[C@@H]5C[C@H](O)CC[C@]5(C)[C@H]4C[C@H](O)[C@]23C)C(=O)O)C(=O)Oc2ccc3nc(C4=NC(C(=O)O)CS4)sc3c2)=C(C)C1=O. The third kappa shape index (κ3) is 16.0. The van der Waals surface area contributed by atoms with Crippen LogP contribution < -0.4 is 15.4 Å². The van der Waals surface area contributed by atoms with Crippen LogP contribution in [0.5, 0.6) is 5.75 Å². The van der Waals surface area contributed by atoms with Crippen molar-refractivity contribution in [2.75, 3.05) is 65.4 Å². The van der Waals surface area contributed by atoms with Crippen LogP contribution in [-0.2, 0) is 43.0 Å². The molecule has 2 aromatic rings. The van der Waals surface area contributed by atoms with Crippen LogP contribution in [0.15, 0.2) is 45.5 Å². The van der Waals surface area contributed by atoms with Crippen molar-refractivity contribution >= 4 is 85.7 Å². The number of unbranched alkanes of at least 4 members (excludes halogenated alkanes) is 1. The number of rotatable bonds is 29. The van der Waals surface area contributed by atoms with E-state index in [0.717, 1.165) is 51.4 Å². The van der Waals surface area contributed by atoms with E-state index >= 15 is 0 Å². The molecular formula is C66H94N6O15S2. The number of fused-ring (bicyclic) bond motifs is 6. The zero-order valence-electron chi connectivity index (χ0n) is 53.4. The average molecular weight is 1280 g/mol. The van der Waals surface area contributed by atoms with Gasteiger partial charge in [0.1, 0.15) is 21.8 Å². The number of aliphatic imine (C=N–C) groups is 1. The van der Waals surface area contributed by atoms with Gasteiger partial charge in [0.15, 0.2) is 17.6 Å². The quantitative estimate of drug-likeness (QED) is 0.0329. The second-order valence-corrected chi connectivity index (χ2v) is 29.1. The number of nitrogens with one attached hydrogen (secondary N) is 2. The lowest BCUT2D eigenvalue weighted by Gasteiger charge is -2.62. The van der Waals surface area contributed by atoms with Crippen LogP contribution in [0.3, 0.4) is 0 Å². The molecule has 4 saturated carbocycles. The van der Waals surface area contributed by atoms with Crippen LogP contribution in [0.2, 0.25) is 0 Å². The number of aromatic nitrogens is 1. The molecule has 5 aliphatic carbocycles.